The van der Waals surface area contributed by atoms with E-state index in [-0.39, 0.29) is 11.1 Å². The largest absolute Gasteiger partial charge is 0.289 e. The van der Waals surface area contributed by atoms with E-state index in [9.17, 15) is 13.0 Å². The van der Waals surface area contributed by atoms with Crippen LogP contribution in [0.3, 0.4) is 0 Å². The van der Waals surface area contributed by atoms with Crippen LogP contribution >= 0.6 is 36.8 Å². The Balaban J connectivity index is 2.97. The monoisotopic (exact) mass is 304 g/mol. The zero-order valence-corrected chi connectivity index (χ0v) is 11.8. The third-order valence-electron chi connectivity index (χ3n) is 1.62. The maximum absolute atomic E-state index is 11.1. The summed E-state index contributed by atoms with van der Waals surface area (Å²) in [6.07, 6.45) is 0.0350. The lowest BCUT2D eigenvalue weighted by atomic mass is 10.2. The van der Waals surface area contributed by atoms with Gasteiger partial charge in [-0.15, -0.1) is 0 Å². The van der Waals surface area contributed by atoms with Gasteiger partial charge < -0.3 is 0 Å². The smallest absolute Gasteiger partial charge is 0.257 e. The fraction of sp³-hybridized carbons (Fsp3) is 0.143. The molecule has 0 aliphatic rings. The van der Waals surface area contributed by atoms with E-state index in [0.717, 1.165) is 0 Å². The second-order valence-electron chi connectivity index (χ2n) is 2.92. The molecular weight excluding hydrogens is 297 g/mol. The third kappa shape index (κ3) is 4.84. The summed E-state index contributed by atoms with van der Waals surface area (Å²) in [5.41, 5.74) is 0.640. The molecule has 0 saturated heterocycles. The molecule has 8 heteroatoms. The minimum absolute atomic E-state index is 0.0350. The summed E-state index contributed by atoms with van der Waals surface area (Å²) in [6, 6.07) is 5.91. The van der Waals surface area contributed by atoms with Gasteiger partial charge in [-0.25, -0.2) is 8.42 Å². The third-order valence-corrected chi connectivity index (χ3v) is 4.81. The number of halogens is 2. The zero-order valence-electron chi connectivity index (χ0n) is 7.43. The zero-order chi connectivity index (χ0) is 11.7. The van der Waals surface area contributed by atoms with E-state index in [1.54, 1.807) is 8.44 Å². The molecule has 15 heavy (non-hydrogen) atoms. The quantitative estimate of drug-likeness (QED) is 0.804. The van der Waals surface area contributed by atoms with Crippen LogP contribution in [0.15, 0.2) is 29.2 Å². The van der Waals surface area contributed by atoms with Crippen LogP contribution in [0.5, 0.6) is 0 Å². The molecule has 0 N–H and O–H groups in total. The molecule has 0 amide bonds. The standard InChI is InChI=1S/C7H8Cl2O3P2S/c8-14(9,10)5-6-1-3-7(4-2-6)15(11,12)13/h1-4H,5,13H2. The molecule has 1 aromatic rings. The van der Waals surface area contributed by atoms with Crippen LogP contribution in [0, 0.1) is 0 Å². The molecule has 1 unspecified atom stereocenters. The lowest BCUT2D eigenvalue weighted by Crippen LogP contribution is -1.90. The summed E-state index contributed by atoms with van der Waals surface area (Å²) in [4.78, 5) is 0.176. The Labute approximate surface area is 100.0 Å². The molecule has 84 valence electrons. The first-order chi connectivity index (χ1) is 6.68. The molecule has 0 aliphatic heterocycles. The van der Waals surface area contributed by atoms with Crippen molar-refractivity contribution in [3.05, 3.63) is 29.8 Å². The van der Waals surface area contributed by atoms with Crippen molar-refractivity contribution in [3.8, 4) is 0 Å². The maximum Gasteiger partial charge on any atom is 0.257 e. The molecule has 1 rings (SSSR count). The van der Waals surface area contributed by atoms with Gasteiger partial charge in [0.1, 0.15) is 0 Å². The Morgan fingerprint density at radius 1 is 1.20 bits per heavy atom. The molecule has 0 spiro atoms. The van der Waals surface area contributed by atoms with Gasteiger partial charge in [-0.1, -0.05) is 12.1 Å². The van der Waals surface area contributed by atoms with Crippen LogP contribution in [0.2, 0.25) is 0 Å². The number of hydrogen-bond donors (Lipinski definition) is 0. The van der Waals surface area contributed by atoms with Gasteiger partial charge in [0, 0.05) is 0 Å². The van der Waals surface area contributed by atoms with Crippen LogP contribution in [0.4, 0.5) is 0 Å². The molecule has 0 heterocycles. The van der Waals surface area contributed by atoms with Crippen molar-refractivity contribution >= 4 is 46.2 Å². The summed E-state index contributed by atoms with van der Waals surface area (Å²) in [5, 5.41) is 0. The van der Waals surface area contributed by atoms with Crippen LogP contribution in [-0.4, -0.2) is 8.42 Å². The number of rotatable bonds is 3. The fourth-order valence-corrected chi connectivity index (χ4v) is 3.45. The molecule has 0 fully saturated rings. The van der Waals surface area contributed by atoms with Gasteiger partial charge in [0.05, 0.1) is 11.1 Å². The van der Waals surface area contributed by atoms with Crippen molar-refractivity contribution in [2.24, 2.45) is 0 Å². The van der Waals surface area contributed by atoms with E-state index in [0.29, 0.717) is 5.56 Å². The predicted molar refractivity (Wildman–Crippen MR) is 66.4 cm³/mol. The van der Waals surface area contributed by atoms with Crippen molar-refractivity contribution in [2.75, 3.05) is 0 Å². The summed E-state index contributed by atoms with van der Waals surface area (Å²) in [5.74, 6) is -3.15. The van der Waals surface area contributed by atoms with Gasteiger partial charge >= 0.3 is 0 Å². The molecule has 3 nitrogen and oxygen atoms in total. The molecule has 0 saturated carbocycles. The van der Waals surface area contributed by atoms with Crippen molar-refractivity contribution in [3.63, 3.8) is 0 Å². The van der Waals surface area contributed by atoms with Gasteiger partial charge in [-0.2, -0.15) is 0 Å². The summed E-state index contributed by atoms with van der Waals surface area (Å²) >= 11 is 10.8. The second-order valence-corrected chi connectivity index (χ2v) is 11.6. The highest BCUT2D eigenvalue weighted by Gasteiger charge is 2.15. The number of benzene rings is 1. The highest BCUT2D eigenvalue weighted by molar-refractivity contribution is 8.37. The Bertz CT molecular complexity index is 491. The Morgan fingerprint density at radius 3 is 2.00 bits per heavy atom. The van der Waals surface area contributed by atoms with Gasteiger partial charge in [-0.05, 0) is 48.6 Å². The normalized spacial score (nSPS) is 12.7. The summed E-state index contributed by atoms with van der Waals surface area (Å²) in [6.45, 7) is 0. The maximum atomic E-state index is 11.1. The first-order valence-electron chi connectivity index (χ1n) is 3.78. The molecule has 0 radical (unpaired) electrons. The van der Waals surface area contributed by atoms with Gasteiger partial charge in [-0.3, -0.25) is 4.57 Å². The minimum atomic E-state index is -3.28. The Morgan fingerprint density at radius 2 is 1.67 bits per heavy atom. The van der Waals surface area contributed by atoms with Crippen molar-refractivity contribution in [1.29, 1.82) is 0 Å². The van der Waals surface area contributed by atoms with Crippen LogP contribution in [0.1, 0.15) is 5.56 Å². The second kappa shape index (κ2) is 4.73. The van der Waals surface area contributed by atoms with E-state index < -0.39 is 15.3 Å². The summed E-state index contributed by atoms with van der Waals surface area (Å²) < 4.78 is 33.2. The molecule has 1 atom stereocenters. The van der Waals surface area contributed by atoms with Gasteiger partial charge in [0.15, 0.2) is 9.46 Å². The lowest BCUT2D eigenvalue weighted by Gasteiger charge is -2.03. The van der Waals surface area contributed by atoms with Gasteiger partial charge in [0.25, 0.3) is 5.85 Å². The Kier molecular flexibility index (Phi) is 4.25. The molecule has 1 aromatic carbocycles. The molecular formula is C7H8Cl2O3P2S. The highest BCUT2D eigenvalue weighted by atomic mass is 35.9. The van der Waals surface area contributed by atoms with Gasteiger partial charge in [0.2, 0.25) is 0 Å². The Hall–Kier alpha value is 0.410. The SMILES string of the molecule is O=P(Cl)(Cl)Cc1ccc(S(=O)(=O)P)cc1. The van der Waals surface area contributed by atoms with E-state index in [4.69, 9.17) is 22.5 Å². The van der Waals surface area contributed by atoms with E-state index in [1.165, 1.54) is 24.3 Å². The fourth-order valence-electron chi connectivity index (χ4n) is 0.997. The topological polar surface area (TPSA) is 51.2 Å². The van der Waals surface area contributed by atoms with Crippen molar-refractivity contribution < 1.29 is 13.0 Å². The van der Waals surface area contributed by atoms with Crippen LogP contribution in [-0.2, 0) is 20.2 Å². The highest BCUT2D eigenvalue weighted by Crippen LogP contribution is 2.59. The van der Waals surface area contributed by atoms with E-state index in [1.807, 2.05) is 0 Å². The number of hydrogen-bond acceptors (Lipinski definition) is 3. The first kappa shape index (κ1) is 13.5. The van der Waals surface area contributed by atoms with Crippen molar-refractivity contribution in [1.82, 2.24) is 0 Å². The minimum Gasteiger partial charge on any atom is -0.289 e. The molecule has 0 aromatic heterocycles. The van der Waals surface area contributed by atoms with Crippen molar-refractivity contribution in [2.45, 2.75) is 11.1 Å². The van der Waals surface area contributed by atoms with Crippen LogP contribution in [0.25, 0.3) is 0 Å². The average molecular weight is 305 g/mol. The summed E-state index contributed by atoms with van der Waals surface area (Å²) in [7, 11) is -1.53. The predicted octanol–water partition coefficient (Wildman–Crippen LogP) is 3.42. The average Bonchev–Trinajstić information content (AvgIpc) is 2.00. The van der Waals surface area contributed by atoms with E-state index in [2.05, 4.69) is 0 Å². The lowest BCUT2D eigenvalue weighted by molar-refractivity contribution is 0.592. The van der Waals surface area contributed by atoms with Crippen LogP contribution < -0.4 is 0 Å². The van der Waals surface area contributed by atoms with E-state index >= 15 is 0 Å². The molecule has 0 bridgehead atoms. The molecule has 0 aliphatic carbocycles. The first-order valence-corrected chi connectivity index (χ1v) is 10.4.